The minimum atomic E-state index is -0.508. The first-order valence-corrected chi connectivity index (χ1v) is 9.90. The number of rotatable bonds is 6. The Morgan fingerprint density at radius 1 is 0.969 bits per heavy atom. The molecular formula is C24H20FN5O2. The number of halogens is 1. The number of carbonyl (C=O) groups excluding carboxylic acids is 2. The number of nitrogens with one attached hydrogen (secondary N) is 1. The van der Waals surface area contributed by atoms with Crippen molar-refractivity contribution in [2.24, 2.45) is 0 Å². The van der Waals surface area contributed by atoms with Crippen LogP contribution in [0.25, 0.3) is 17.1 Å². The molecule has 2 amide bonds. The van der Waals surface area contributed by atoms with Gasteiger partial charge >= 0.3 is 0 Å². The molecule has 1 heterocycles. The third kappa shape index (κ3) is 4.70. The van der Waals surface area contributed by atoms with Gasteiger partial charge in [-0.15, -0.1) is 5.10 Å². The van der Waals surface area contributed by atoms with Crippen molar-refractivity contribution in [2.45, 2.75) is 0 Å². The highest BCUT2D eigenvalue weighted by Crippen LogP contribution is 2.21. The Hall–Kier alpha value is -4.33. The Morgan fingerprint density at radius 2 is 1.66 bits per heavy atom. The second-order valence-corrected chi connectivity index (χ2v) is 7.09. The highest BCUT2D eigenvalue weighted by molar-refractivity contribution is 5.97. The Bertz CT molecular complexity index is 1180. The van der Waals surface area contributed by atoms with E-state index in [0.29, 0.717) is 11.5 Å². The maximum absolute atomic E-state index is 13.3. The SMILES string of the molecule is CN(CC(=O)Nc1cccc(F)c1)C(=O)c1nc(-c2ccccc2)n(-c2ccccc2)n1. The van der Waals surface area contributed by atoms with Gasteiger partial charge in [-0.1, -0.05) is 54.6 Å². The minimum Gasteiger partial charge on any atom is -0.330 e. The molecule has 0 saturated carbocycles. The Morgan fingerprint density at radius 3 is 2.34 bits per heavy atom. The van der Waals surface area contributed by atoms with Crippen molar-refractivity contribution in [1.82, 2.24) is 19.7 Å². The van der Waals surface area contributed by atoms with Crippen LogP contribution in [0.5, 0.6) is 0 Å². The molecule has 32 heavy (non-hydrogen) atoms. The Balaban J connectivity index is 1.56. The van der Waals surface area contributed by atoms with Crippen LogP contribution in [0.1, 0.15) is 10.6 Å². The van der Waals surface area contributed by atoms with Crippen molar-refractivity contribution in [1.29, 1.82) is 0 Å². The summed E-state index contributed by atoms with van der Waals surface area (Å²) in [6, 6.07) is 24.3. The molecule has 0 spiro atoms. The zero-order chi connectivity index (χ0) is 22.5. The van der Waals surface area contributed by atoms with Gasteiger partial charge in [0.1, 0.15) is 5.82 Å². The molecule has 0 saturated heterocycles. The highest BCUT2D eigenvalue weighted by atomic mass is 19.1. The lowest BCUT2D eigenvalue weighted by atomic mass is 10.2. The summed E-state index contributed by atoms with van der Waals surface area (Å²) in [6.07, 6.45) is 0. The van der Waals surface area contributed by atoms with Gasteiger partial charge in [0.05, 0.1) is 12.2 Å². The number of aromatic nitrogens is 3. The lowest BCUT2D eigenvalue weighted by Gasteiger charge is -2.15. The molecule has 8 heteroatoms. The predicted octanol–water partition coefficient (Wildman–Crippen LogP) is 3.78. The van der Waals surface area contributed by atoms with E-state index in [0.717, 1.165) is 11.3 Å². The fraction of sp³-hybridized carbons (Fsp3) is 0.0833. The van der Waals surface area contributed by atoms with Gasteiger partial charge in [0.2, 0.25) is 11.7 Å². The lowest BCUT2D eigenvalue weighted by Crippen LogP contribution is -2.35. The molecule has 7 nitrogen and oxygen atoms in total. The summed E-state index contributed by atoms with van der Waals surface area (Å²) in [5.41, 5.74) is 1.87. The van der Waals surface area contributed by atoms with E-state index < -0.39 is 17.6 Å². The molecule has 0 bridgehead atoms. The van der Waals surface area contributed by atoms with Crippen molar-refractivity contribution in [3.8, 4) is 17.1 Å². The molecular weight excluding hydrogens is 409 g/mol. The largest absolute Gasteiger partial charge is 0.330 e. The van der Waals surface area contributed by atoms with Crippen LogP contribution >= 0.6 is 0 Å². The van der Waals surface area contributed by atoms with E-state index in [1.807, 2.05) is 60.7 Å². The molecule has 0 fully saturated rings. The summed E-state index contributed by atoms with van der Waals surface area (Å²) in [5.74, 6) is -0.952. The monoisotopic (exact) mass is 429 g/mol. The molecule has 0 aliphatic heterocycles. The number of hydrogen-bond donors (Lipinski definition) is 1. The predicted molar refractivity (Wildman–Crippen MR) is 119 cm³/mol. The van der Waals surface area contributed by atoms with Crippen LogP contribution < -0.4 is 5.32 Å². The van der Waals surface area contributed by atoms with Gasteiger partial charge in [0, 0.05) is 18.3 Å². The molecule has 4 rings (SSSR count). The number of nitrogens with zero attached hydrogens (tertiary/aromatic N) is 4. The average molecular weight is 429 g/mol. The fourth-order valence-corrected chi connectivity index (χ4v) is 3.15. The molecule has 0 radical (unpaired) electrons. The van der Waals surface area contributed by atoms with Crippen molar-refractivity contribution < 1.29 is 14.0 Å². The zero-order valence-electron chi connectivity index (χ0n) is 17.3. The van der Waals surface area contributed by atoms with Crippen molar-refractivity contribution in [3.05, 3.63) is 96.6 Å². The number of benzene rings is 3. The summed E-state index contributed by atoms with van der Waals surface area (Å²) < 4.78 is 14.9. The van der Waals surface area contributed by atoms with E-state index in [9.17, 15) is 14.0 Å². The van der Waals surface area contributed by atoms with E-state index in [4.69, 9.17) is 0 Å². The number of likely N-dealkylation sites (N-methyl/N-ethyl adjacent to an activating group) is 1. The summed E-state index contributed by atoms with van der Waals surface area (Å²) in [5, 5.41) is 6.98. The lowest BCUT2D eigenvalue weighted by molar-refractivity contribution is -0.116. The maximum atomic E-state index is 13.3. The first-order chi connectivity index (χ1) is 15.5. The molecule has 1 aromatic heterocycles. The molecule has 0 atom stereocenters. The Labute approximate surface area is 184 Å². The molecule has 0 unspecified atom stereocenters. The van der Waals surface area contributed by atoms with E-state index in [2.05, 4.69) is 15.4 Å². The van der Waals surface area contributed by atoms with Crippen LogP contribution in [0, 0.1) is 5.82 Å². The van der Waals surface area contributed by atoms with E-state index in [1.54, 1.807) is 10.7 Å². The van der Waals surface area contributed by atoms with Crippen LogP contribution in [0.15, 0.2) is 84.9 Å². The van der Waals surface area contributed by atoms with Crippen molar-refractivity contribution in [3.63, 3.8) is 0 Å². The summed E-state index contributed by atoms with van der Waals surface area (Å²) >= 11 is 0. The first kappa shape index (κ1) is 20.9. The van der Waals surface area contributed by atoms with Crippen LogP contribution in [-0.2, 0) is 4.79 Å². The summed E-state index contributed by atoms with van der Waals surface area (Å²) in [7, 11) is 1.49. The normalized spacial score (nSPS) is 10.6. The van der Waals surface area contributed by atoms with Gasteiger partial charge in [-0.05, 0) is 30.3 Å². The molecule has 1 N–H and O–H groups in total. The smallest absolute Gasteiger partial charge is 0.293 e. The number of carbonyl (C=O) groups is 2. The number of amides is 2. The molecule has 0 aliphatic rings. The molecule has 160 valence electrons. The molecule has 0 aliphatic carbocycles. The number of para-hydroxylation sites is 1. The highest BCUT2D eigenvalue weighted by Gasteiger charge is 2.23. The molecule has 3 aromatic carbocycles. The summed E-state index contributed by atoms with van der Waals surface area (Å²) in [6.45, 7) is -0.240. The molecule has 4 aromatic rings. The quantitative estimate of drug-likeness (QED) is 0.506. The van der Waals surface area contributed by atoms with Crippen molar-refractivity contribution in [2.75, 3.05) is 18.9 Å². The average Bonchev–Trinajstić information content (AvgIpc) is 3.25. The van der Waals surface area contributed by atoms with Gasteiger partial charge in [-0.3, -0.25) is 9.59 Å². The first-order valence-electron chi connectivity index (χ1n) is 9.90. The second kappa shape index (κ2) is 9.22. The topological polar surface area (TPSA) is 80.1 Å². The van der Waals surface area contributed by atoms with E-state index in [1.165, 1.54) is 30.1 Å². The second-order valence-electron chi connectivity index (χ2n) is 7.09. The van der Waals surface area contributed by atoms with Gasteiger partial charge in [0.15, 0.2) is 5.82 Å². The van der Waals surface area contributed by atoms with Gasteiger partial charge in [-0.2, -0.15) is 0 Å². The van der Waals surface area contributed by atoms with E-state index >= 15 is 0 Å². The fourth-order valence-electron chi connectivity index (χ4n) is 3.15. The van der Waals surface area contributed by atoms with Crippen LogP contribution in [-0.4, -0.2) is 45.1 Å². The summed E-state index contributed by atoms with van der Waals surface area (Å²) in [4.78, 5) is 31.0. The van der Waals surface area contributed by atoms with Gasteiger partial charge < -0.3 is 10.2 Å². The van der Waals surface area contributed by atoms with Crippen LogP contribution in [0.2, 0.25) is 0 Å². The Kier molecular flexibility index (Phi) is 6.03. The van der Waals surface area contributed by atoms with Crippen LogP contribution in [0.3, 0.4) is 0 Å². The third-order valence-corrected chi connectivity index (χ3v) is 4.67. The van der Waals surface area contributed by atoms with Crippen molar-refractivity contribution >= 4 is 17.5 Å². The van der Waals surface area contributed by atoms with Crippen LogP contribution in [0.4, 0.5) is 10.1 Å². The maximum Gasteiger partial charge on any atom is 0.293 e. The third-order valence-electron chi connectivity index (χ3n) is 4.67. The van der Waals surface area contributed by atoms with Gasteiger partial charge in [0.25, 0.3) is 5.91 Å². The number of anilines is 1. The minimum absolute atomic E-state index is 0.0336. The number of hydrogen-bond acceptors (Lipinski definition) is 4. The van der Waals surface area contributed by atoms with E-state index in [-0.39, 0.29) is 12.4 Å². The zero-order valence-corrected chi connectivity index (χ0v) is 17.3. The standard InChI is InChI=1S/C24H20FN5O2/c1-29(16-21(31)26-19-12-8-11-18(25)15-19)24(32)22-27-23(17-9-4-2-5-10-17)30(28-22)20-13-6-3-7-14-20/h2-15H,16H2,1H3,(H,26,31). The van der Waals surface area contributed by atoms with Gasteiger partial charge in [-0.25, -0.2) is 14.1 Å².